The van der Waals surface area contributed by atoms with Crippen LogP contribution in [0.15, 0.2) is 16.6 Å². The normalized spacial score (nSPS) is 21.8. The highest BCUT2D eigenvalue weighted by Crippen LogP contribution is 2.42. The molecular formula is C13H14BrFO3. The quantitative estimate of drug-likeness (QED) is 0.872. The maximum atomic E-state index is 13.4. The molecule has 0 spiro atoms. The number of hydrogen-bond acceptors (Lipinski definition) is 3. The van der Waals surface area contributed by atoms with E-state index < -0.39 is 17.4 Å². The van der Waals surface area contributed by atoms with Gasteiger partial charge in [0.05, 0.1) is 13.0 Å². The van der Waals surface area contributed by atoms with Crippen LogP contribution in [0.2, 0.25) is 0 Å². The van der Waals surface area contributed by atoms with Crippen molar-refractivity contribution in [1.82, 2.24) is 0 Å². The molecule has 0 fully saturated rings. The zero-order valence-electron chi connectivity index (χ0n) is 10.0. The molecule has 1 aromatic carbocycles. The fourth-order valence-corrected chi connectivity index (χ4v) is 3.00. The van der Waals surface area contributed by atoms with E-state index >= 15 is 0 Å². The molecular weight excluding hydrogens is 303 g/mol. The summed E-state index contributed by atoms with van der Waals surface area (Å²) in [6.07, 6.45) is 0.888. The summed E-state index contributed by atoms with van der Waals surface area (Å²) in [5.41, 5.74) is 0.0391. The Bertz CT molecular complexity index is 489. The molecule has 0 aliphatic heterocycles. The number of esters is 1. The standard InChI is InChI=1S/C13H14BrFO3/c1-2-18-12(16)7-13(17)4-3-9-10(13)5-8(15)6-11(9)14/h5-6,17H,2-4,7H2,1H3/t13-/m1/s1. The predicted octanol–water partition coefficient (Wildman–Crippen LogP) is 2.68. The molecule has 0 heterocycles. The van der Waals surface area contributed by atoms with Gasteiger partial charge < -0.3 is 9.84 Å². The third-order valence-electron chi connectivity index (χ3n) is 3.19. The maximum absolute atomic E-state index is 13.4. The zero-order valence-corrected chi connectivity index (χ0v) is 11.6. The van der Waals surface area contributed by atoms with Crippen LogP contribution in [0.4, 0.5) is 4.39 Å². The minimum absolute atomic E-state index is 0.135. The van der Waals surface area contributed by atoms with E-state index in [1.807, 2.05) is 0 Å². The largest absolute Gasteiger partial charge is 0.466 e. The smallest absolute Gasteiger partial charge is 0.309 e. The topological polar surface area (TPSA) is 46.5 Å². The van der Waals surface area contributed by atoms with E-state index in [9.17, 15) is 14.3 Å². The molecule has 2 rings (SSSR count). The van der Waals surface area contributed by atoms with Gasteiger partial charge in [-0.3, -0.25) is 4.79 Å². The first-order valence-corrected chi connectivity index (χ1v) is 6.62. The summed E-state index contributed by atoms with van der Waals surface area (Å²) in [6.45, 7) is 1.98. The van der Waals surface area contributed by atoms with Gasteiger partial charge in [0.25, 0.3) is 0 Å². The second kappa shape index (κ2) is 4.97. The number of carbonyl (C=O) groups excluding carboxylic acids is 1. The Morgan fingerprint density at radius 2 is 2.33 bits per heavy atom. The van der Waals surface area contributed by atoms with E-state index in [0.29, 0.717) is 22.9 Å². The summed E-state index contributed by atoms with van der Waals surface area (Å²) >= 11 is 3.28. The molecule has 5 heteroatoms. The Morgan fingerprint density at radius 3 is 3.00 bits per heavy atom. The lowest BCUT2D eigenvalue weighted by Crippen LogP contribution is -2.27. The molecule has 0 aromatic heterocycles. The molecule has 1 aromatic rings. The Morgan fingerprint density at radius 1 is 1.61 bits per heavy atom. The molecule has 0 unspecified atom stereocenters. The first-order chi connectivity index (χ1) is 8.46. The van der Waals surface area contributed by atoms with Crippen LogP contribution in [0.3, 0.4) is 0 Å². The van der Waals surface area contributed by atoms with Gasteiger partial charge >= 0.3 is 5.97 Å². The van der Waals surface area contributed by atoms with Gasteiger partial charge in [-0.15, -0.1) is 0 Å². The molecule has 0 radical (unpaired) electrons. The number of aliphatic hydroxyl groups is 1. The molecule has 0 saturated heterocycles. The average Bonchev–Trinajstić information content (AvgIpc) is 2.57. The van der Waals surface area contributed by atoms with Gasteiger partial charge in [0.1, 0.15) is 11.4 Å². The van der Waals surface area contributed by atoms with Crippen LogP contribution in [0.25, 0.3) is 0 Å². The highest BCUT2D eigenvalue weighted by Gasteiger charge is 2.40. The van der Waals surface area contributed by atoms with Crippen LogP contribution in [-0.4, -0.2) is 17.7 Å². The zero-order chi connectivity index (χ0) is 13.3. The predicted molar refractivity (Wildman–Crippen MR) is 67.6 cm³/mol. The number of fused-ring (bicyclic) bond motifs is 1. The minimum atomic E-state index is -1.31. The number of carbonyl (C=O) groups is 1. The van der Waals surface area contributed by atoms with E-state index in [-0.39, 0.29) is 13.0 Å². The lowest BCUT2D eigenvalue weighted by Gasteiger charge is -2.23. The van der Waals surface area contributed by atoms with Gasteiger partial charge in [-0.2, -0.15) is 0 Å². The van der Waals surface area contributed by atoms with Crippen LogP contribution in [0.5, 0.6) is 0 Å². The second-order valence-electron chi connectivity index (χ2n) is 4.43. The monoisotopic (exact) mass is 316 g/mol. The van der Waals surface area contributed by atoms with Crippen molar-refractivity contribution in [1.29, 1.82) is 0 Å². The number of ether oxygens (including phenoxy) is 1. The van der Waals surface area contributed by atoms with Gasteiger partial charge in [0.15, 0.2) is 0 Å². The van der Waals surface area contributed by atoms with Crippen molar-refractivity contribution in [3.05, 3.63) is 33.5 Å². The highest BCUT2D eigenvalue weighted by atomic mass is 79.9. The summed E-state index contributed by atoms with van der Waals surface area (Å²) in [4.78, 5) is 11.5. The molecule has 1 aliphatic rings. The lowest BCUT2D eigenvalue weighted by molar-refractivity contribution is -0.149. The molecule has 98 valence electrons. The van der Waals surface area contributed by atoms with Gasteiger partial charge in [-0.05, 0) is 43.0 Å². The van der Waals surface area contributed by atoms with Gasteiger partial charge in [0, 0.05) is 4.47 Å². The highest BCUT2D eigenvalue weighted by molar-refractivity contribution is 9.10. The molecule has 3 nitrogen and oxygen atoms in total. The average molecular weight is 317 g/mol. The molecule has 18 heavy (non-hydrogen) atoms. The van der Waals surface area contributed by atoms with Crippen LogP contribution in [0.1, 0.15) is 30.9 Å². The number of benzene rings is 1. The fourth-order valence-electron chi connectivity index (χ4n) is 2.37. The summed E-state index contributed by atoms with van der Waals surface area (Å²) in [5.74, 6) is -0.891. The van der Waals surface area contributed by atoms with E-state index in [4.69, 9.17) is 4.74 Å². The molecule has 0 bridgehead atoms. The molecule has 1 aliphatic carbocycles. The van der Waals surface area contributed by atoms with E-state index in [2.05, 4.69) is 15.9 Å². The fraction of sp³-hybridized carbons (Fsp3) is 0.462. The first-order valence-electron chi connectivity index (χ1n) is 5.82. The van der Waals surface area contributed by atoms with Crippen LogP contribution in [-0.2, 0) is 21.6 Å². The van der Waals surface area contributed by atoms with Crippen LogP contribution < -0.4 is 0 Å². The minimum Gasteiger partial charge on any atom is -0.466 e. The van der Waals surface area contributed by atoms with Crippen molar-refractivity contribution in [2.45, 2.75) is 31.8 Å². The first kappa shape index (κ1) is 13.5. The lowest BCUT2D eigenvalue weighted by atomic mass is 9.92. The van der Waals surface area contributed by atoms with Gasteiger partial charge in [0.2, 0.25) is 0 Å². The third-order valence-corrected chi connectivity index (χ3v) is 3.90. The van der Waals surface area contributed by atoms with Crippen molar-refractivity contribution in [3.8, 4) is 0 Å². The van der Waals surface area contributed by atoms with Crippen LogP contribution in [0, 0.1) is 5.82 Å². The van der Waals surface area contributed by atoms with Gasteiger partial charge in [-0.1, -0.05) is 15.9 Å². The van der Waals surface area contributed by atoms with E-state index in [1.54, 1.807) is 6.92 Å². The van der Waals surface area contributed by atoms with Crippen molar-refractivity contribution in [2.75, 3.05) is 6.61 Å². The summed E-state index contributed by atoms with van der Waals surface area (Å²) in [5, 5.41) is 10.5. The molecule has 0 amide bonds. The molecule has 1 atom stereocenters. The second-order valence-corrected chi connectivity index (χ2v) is 5.28. The third kappa shape index (κ3) is 2.42. The summed E-state index contributed by atoms with van der Waals surface area (Å²) in [6, 6.07) is 2.67. The van der Waals surface area contributed by atoms with Crippen LogP contribution >= 0.6 is 15.9 Å². The van der Waals surface area contributed by atoms with Crippen molar-refractivity contribution < 1.29 is 19.0 Å². The van der Waals surface area contributed by atoms with E-state index in [1.165, 1.54) is 12.1 Å². The van der Waals surface area contributed by atoms with Gasteiger partial charge in [-0.25, -0.2) is 4.39 Å². The summed E-state index contributed by atoms with van der Waals surface area (Å²) in [7, 11) is 0. The number of hydrogen-bond donors (Lipinski definition) is 1. The Hall–Kier alpha value is -0.940. The van der Waals surface area contributed by atoms with Crippen molar-refractivity contribution in [3.63, 3.8) is 0 Å². The summed E-state index contributed by atoms with van der Waals surface area (Å²) < 4.78 is 18.9. The Kier molecular flexibility index (Phi) is 3.73. The Balaban J connectivity index is 2.32. The number of halogens is 2. The van der Waals surface area contributed by atoms with E-state index in [0.717, 1.165) is 5.56 Å². The number of rotatable bonds is 3. The molecule has 1 N–H and O–H groups in total. The Labute approximate surface area is 113 Å². The van der Waals surface area contributed by atoms with Crippen molar-refractivity contribution in [2.24, 2.45) is 0 Å². The SMILES string of the molecule is CCOC(=O)C[C@]1(O)CCc2c(Br)cc(F)cc21. The maximum Gasteiger partial charge on any atom is 0.309 e. The van der Waals surface area contributed by atoms with Crippen molar-refractivity contribution >= 4 is 21.9 Å². The molecule has 0 saturated carbocycles.